The maximum Gasteiger partial charge on any atom is 0.224 e. The SMILES string of the molecule is CC(C)CCC(=O)N1CCC(=O)N(CC2CC2)C2(CCOC2)C1. The van der Waals surface area contributed by atoms with E-state index in [0.717, 1.165) is 19.4 Å². The molecule has 1 unspecified atom stereocenters. The summed E-state index contributed by atoms with van der Waals surface area (Å²) in [4.78, 5) is 29.3. The van der Waals surface area contributed by atoms with Crippen molar-refractivity contribution in [1.82, 2.24) is 9.80 Å². The van der Waals surface area contributed by atoms with E-state index in [1.807, 2.05) is 4.90 Å². The van der Waals surface area contributed by atoms with Gasteiger partial charge in [-0.1, -0.05) is 13.8 Å². The zero-order valence-corrected chi connectivity index (χ0v) is 14.6. The van der Waals surface area contributed by atoms with E-state index in [9.17, 15) is 9.59 Å². The molecule has 0 N–H and O–H groups in total. The number of hydrogen-bond donors (Lipinski definition) is 0. The zero-order valence-electron chi connectivity index (χ0n) is 14.6. The highest BCUT2D eigenvalue weighted by Crippen LogP contribution is 2.37. The largest absolute Gasteiger partial charge is 0.379 e. The van der Waals surface area contributed by atoms with Crippen LogP contribution in [0, 0.1) is 11.8 Å². The first kappa shape index (κ1) is 16.7. The highest BCUT2D eigenvalue weighted by atomic mass is 16.5. The van der Waals surface area contributed by atoms with Gasteiger partial charge in [0.25, 0.3) is 0 Å². The van der Waals surface area contributed by atoms with Crippen LogP contribution in [-0.4, -0.2) is 60.0 Å². The second-order valence-electron chi connectivity index (χ2n) is 7.97. The molecule has 5 heteroatoms. The van der Waals surface area contributed by atoms with Crippen LogP contribution in [-0.2, 0) is 14.3 Å². The van der Waals surface area contributed by atoms with Crippen LogP contribution in [0.2, 0.25) is 0 Å². The van der Waals surface area contributed by atoms with Crippen molar-refractivity contribution in [2.24, 2.45) is 11.8 Å². The zero-order chi connectivity index (χ0) is 16.4. The lowest BCUT2D eigenvalue weighted by molar-refractivity contribution is -0.138. The Labute approximate surface area is 139 Å². The van der Waals surface area contributed by atoms with Crippen molar-refractivity contribution in [2.75, 3.05) is 32.8 Å². The number of amides is 2. The summed E-state index contributed by atoms with van der Waals surface area (Å²) >= 11 is 0. The van der Waals surface area contributed by atoms with Gasteiger partial charge in [0.1, 0.15) is 0 Å². The van der Waals surface area contributed by atoms with Crippen LogP contribution in [0.5, 0.6) is 0 Å². The van der Waals surface area contributed by atoms with Crippen LogP contribution in [0.1, 0.15) is 52.4 Å². The highest BCUT2D eigenvalue weighted by Gasteiger charge is 2.48. The lowest BCUT2D eigenvalue weighted by atomic mass is 9.94. The third-order valence-electron chi connectivity index (χ3n) is 5.46. The van der Waals surface area contributed by atoms with Crippen molar-refractivity contribution in [3.63, 3.8) is 0 Å². The van der Waals surface area contributed by atoms with E-state index in [2.05, 4.69) is 18.7 Å². The molecule has 0 aromatic rings. The molecular weight excluding hydrogens is 292 g/mol. The van der Waals surface area contributed by atoms with Crippen molar-refractivity contribution in [3.05, 3.63) is 0 Å². The first-order valence-corrected chi connectivity index (χ1v) is 9.16. The molecule has 1 aliphatic carbocycles. The molecule has 1 atom stereocenters. The van der Waals surface area contributed by atoms with Gasteiger partial charge in [-0.15, -0.1) is 0 Å². The number of nitrogens with zero attached hydrogens (tertiary/aromatic N) is 2. The van der Waals surface area contributed by atoms with Crippen LogP contribution in [0.25, 0.3) is 0 Å². The van der Waals surface area contributed by atoms with Crippen molar-refractivity contribution in [1.29, 1.82) is 0 Å². The molecule has 0 radical (unpaired) electrons. The Hall–Kier alpha value is -1.10. The third kappa shape index (κ3) is 3.87. The van der Waals surface area contributed by atoms with Gasteiger partial charge in [0.15, 0.2) is 0 Å². The Kier molecular flexibility index (Phi) is 4.95. The molecule has 1 spiro atoms. The van der Waals surface area contributed by atoms with E-state index < -0.39 is 0 Å². The number of rotatable bonds is 5. The molecule has 2 amide bonds. The summed E-state index contributed by atoms with van der Waals surface area (Å²) in [6.07, 6.45) is 5.29. The Morgan fingerprint density at radius 2 is 2.17 bits per heavy atom. The van der Waals surface area contributed by atoms with E-state index in [1.54, 1.807) is 0 Å². The van der Waals surface area contributed by atoms with Gasteiger partial charge in [-0.05, 0) is 37.5 Å². The minimum absolute atomic E-state index is 0.200. The Balaban J connectivity index is 1.73. The number of hydrogen-bond acceptors (Lipinski definition) is 3. The summed E-state index contributed by atoms with van der Waals surface area (Å²) in [6, 6.07) is 0. The van der Waals surface area contributed by atoms with Gasteiger partial charge in [0, 0.05) is 39.1 Å². The van der Waals surface area contributed by atoms with E-state index in [1.165, 1.54) is 12.8 Å². The van der Waals surface area contributed by atoms with Crippen molar-refractivity contribution < 1.29 is 14.3 Å². The lowest BCUT2D eigenvalue weighted by Gasteiger charge is -2.40. The maximum absolute atomic E-state index is 12.7. The smallest absolute Gasteiger partial charge is 0.224 e. The molecule has 3 aliphatic rings. The second kappa shape index (κ2) is 6.80. The topological polar surface area (TPSA) is 49.9 Å². The number of ether oxygens (including phenoxy) is 1. The Bertz CT molecular complexity index is 453. The average molecular weight is 322 g/mol. The molecule has 5 nitrogen and oxygen atoms in total. The molecule has 2 heterocycles. The fourth-order valence-electron chi connectivity index (χ4n) is 3.72. The molecule has 130 valence electrons. The molecule has 0 bridgehead atoms. The molecule has 3 fully saturated rings. The van der Waals surface area contributed by atoms with Gasteiger partial charge >= 0.3 is 0 Å². The Morgan fingerprint density at radius 3 is 2.78 bits per heavy atom. The fourth-order valence-corrected chi connectivity index (χ4v) is 3.72. The standard InChI is InChI=1S/C18H30N2O3/c1-14(2)3-6-16(21)19-9-7-17(22)20(11-15-4-5-15)18(12-19)8-10-23-13-18/h14-15H,3-13H2,1-2H3. The maximum atomic E-state index is 12.7. The van der Waals surface area contributed by atoms with E-state index >= 15 is 0 Å². The van der Waals surface area contributed by atoms with Gasteiger partial charge in [0.2, 0.25) is 11.8 Å². The molecule has 0 aromatic heterocycles. The van der Waals surface area contributed by atoms with E-state index in [-0.39, 0.29) is 17.4 Å². The van der Waals surface area contributed by atoms with Crippen molar-refractivity contribution >= 4 is 11.8 Å². The van der Waals surface area contributed by atoms with Gasteiger partial charge < -0.3 is 14.5 Å². The Morgan fingerprint density at radius 1 is 1.39 bits per heavy atom. The van der Waals surface area contributed by atoms with E-state index in [0.29, 0.717) is 51.0 Å². The predicted molar refractivity (Wildman–Crippen MR) is 87.9 cm³/mol. The first-order chi connectivity index (χ1) is 11.0. The minimum Gasteiger partial charge on any atom is -0.379 e. The molecule has 2 aliphatic heterocycles. The average Bonchev–Trinajstić information content (AvgIpc) is 3.24. The number of carbonyl (C=O) groups excluding carboxylic acids is 2. The first-order valence-electron chi connectivity index (χ1n) is 9.16. The van der Waals surface area contributed by atoms with Crippen LogP contribution in [0.4, 0.5) is 0 Å². The quantitative estimate of drug-likeness (QED) is 0.778. The highest BCUT2D eigenvalue weighted by molar-refractivity contribution is 5.81. The predicted octanol–water partition coefficient (Wildman–Crippen LogP) is 2.05. The van der Waals surface area contributed by atoms with Crippen LogP contribution in [0.15, 0.2) is 0 Å². The van der Waals surface area contributed by atoms with Crippen LogP contribution < -0.4 is 0 Å². The van der Waals surface area contributed by atoms with Crippen LogP contribution in [0.3, 0.4) is 0 Å². The molecule has 1 saturated carbocycles. The summed E-state index contributed by atoms with van der Waals surface area (Å²) in [5, 5.41) is 0. The van der Waals surface area contributed by atoms with Gasteiger partial charge in [-0.2, -0.15) is 0 Å². The molecular formula is C18H30N2O3. The monoisotopic (exact) mass is 322 g/mol. The fraction of sp³-hybridized carbons (Fsp3) is 0.889. The summed E-state index contributed by atoms with van der Waals surface area (Å²) in [5.41, 5.74) is -0.274. The summed E-state index contributed by atoms with van der Waals surface area (Å²) in [5.74, 6) is 1.61. The summed E-state index contributed by atoms with van der Waals surface area (Å²) in [7, 11) is 0. The van der Waals surface area contributed by atoms with Crippen LogP contribution >= 0.6 is 0 Å². The third-order valence-corrected chi connectivity index (χ3v) is 5.46. The lowest BCUT2D eigenvalue weighted by Crippen LogP contribution is -2.57. The number of carbonyl (C=O) groups is 2. The molecule has 23 heavy (non-hydrogen) atoms. The van der Waals surface area contributed by atoms with E-state index in [4.69, 9.17) is 4.74 Å². The minimum atomic E-state index is -0.274. The second-order valence-corrected chi connectivity index (χ2v) is 7.97. The molecule has 0 aromatic carbocycles. The van der Waals surface area contributed by atoms with Gasteiger partial charge in [0.05, 0.1) is 12.1 Å². The normalized spacial score (nSPS) is 28.7. The summed E-state index contributed by atoms with van der Waals surface area (Å²) in [6.45, 7) is 7.64. The van der Waals surface area contributed by atoms with Crippen molar-refractivity contribution in [3.8, 4) is 0 Å². The van der Waals surface area contributed by atoms with Crippen molar-refractivity contribution in [2.45, 2.75) is 57.9 Å². The van der Waals surface area contributed by atoms with Gasteiger partial charge in [-0.25, -0.2) is 0 Å². The van der Waals surface area contributed by atoms with Gasteiger partial charge in [-0.3, -0.25) is 9.59 Å². The molecule has 2 saturated heterocycles. The summed E-state index contributed by atoms with van der Waals surface area (Å²) < 4.78 is 5.67. The molecule has 3 rings (SSSR count).